The SMILES string of the molecule is COC(C)COC(C)CO.O=P([O-])([O-])F.[Na+].[Na+]. The second-order valence-corrected chi connectivity index (χ2v) is 3.66. The van der Waals surface area contributed by atoms with Crippen molar-refractivity contribution in [1.29, 1.82) is 0 Å². The van der Waals surface area contributed by atoms with Crippen molar-refractivity contribution >= 4 is 7.91 Å². The van der Waals surface area contributed by atoms with Crippen LogP contribution in [0.4, 0.5) is 4.20 Å². The summed E-state index contributed by atoms with van der Waals surface area (Å²) in [6, 6.07) is 0. The maximum absolute atomic E-state index is 10.1. The summed E-state index contributed by atoms with van der Waals surface area (Å²) in [7, 11) is -4.00. The van der Waals surface area contributed by atoms with E-state index in [1.807, 2.05) is 13.8 Å². The first kappa shape index (κ1) is 27.3. The quantitative estimate of drug-likeness (QED) is 0.399. The second-order valence-electron chi connectivity index (χ2n) is 2.80. The van der Waals surface area contributed by atoms with Gasteiger partial charge in [0.05, 0.1) is 25.4 Å². The number of rotatable bonds is 5. The first-order valence-corrected chi connectivity index (χ1v) is 5.61. The standard InChI is InChI=1S/C7H16O3.FH2O3P.2Na/c1-6(4-8)10-5-7(2)9-3;1-5(2,3)4;;/h6-8H,4-5H2,1-3H3;(H2,2,3,4);;/q;;2*+1/p-2. The van der Waals surface area contributed by atoms with Crippen LogP contribution in [-0.4, -0.2) is 37.6 Å². The molecule has 6 nitrogen and oxygen atoms in total. The molecule has 0 rings (SSSR count). The first-order valence-electron chi connectivity index (χ1n) is 4.17. The fraction of sp³-hybridized carbons (Fsp3) is 1.00. The third kappa shape index (κ3) is 38.1. The van der Waals surface area contributed by atoms with Crippen LogP contribution in [0.15, 0.2) is 0 Å². The van der Waals surface area contributed by atoms with Gasteiger partial charge in [-0.2, -0.15) is 0 Å². The van der Waals surface area contributed by atoms with Crippen LogP contribution in [0.3, 0.4) is 0 Å². The zero-order valence-corrected chi connectivity index (χ0v) is 15.8. The molecule has 0 aromatic rings. The summed E-state index contributed by atoms with van der Waals surface area (Å²) in [5, 5.41) is 8.55. The van der Waals surface area contributed by atoms with Gasteiger partial charge >= 0.3 is 59.1 Å². The molecule has 0 fully saturated rings. The van der Waals surface area contributed by atoms with Crippen LogP contribution >= 0.6 is 7.91 Å². The van der Waals surface area contributed by atoms with E-state index in [4.69, 9.17) is 28.9 Å². The molecule has 0 heterocycles. The topological polar surface area (TPSA) is 102 Å². The van der Waals surface area contributed by atoms with E-state index < -0.39 is 7.91 Å². The summed E-state index contributed by atoms with van der Waals surface area (Å²) < 4.78 is 28.7. The average molecular weight is 292 g/mol. The summed E-state index contributed by atoms with van der Waals surface area (Å²) in [6.45, 7) is 4.35. The Morgan fingerprint density at radius 2 is 1.65 bits per heavy atom. The normalized spacial score (nSPS) is 13.4. The molecule has 0 radical (unpaired) electrons. The zero-order chi connectivity index (χ0) is 12.5. The van der Waals surface area contributed by atoms with Crippen LogP contribution in [0.1, 0.15) is 13.8 Å². The van der Waals surface area contributed by atoms with Crippen LogP contribution in [-0.2, 0) is 14.0 Å². The Morgan fingerprint density at radius 1 is 1.29 bits per heavy atom. The fourth-order valence-corrected chi connectivity index (χ4v) is 0.421. The van der Waals surface area contributed by atoms with Gasteiger partial charge in [-0.3, -0.25) is 0 Å². The maximum atomic E-state index is 10.1. The third-order valence-corrected chi connectivity index (χ3v) is 1.27. The predicted molar refractivity (Wildman–Crippen MR) is 47.7 cm³/mol. The molecule has 0 bridgehead atoms. The van der Waals surface area contributed by atoms with Crippen LogP contribution in [0.25, 0.3) is 0 Å². The summed E-state index contributed by atoms with van der Waals surface area (Å²) in [6.07, 6.45) is 0.0200. The molecular formula is C7H16FNa2O6P. The Labute approximate surface area is 145 Å². The van der Waals surface area contributed by atoms with E-state index in [1.165, 1.54) is 0 Å². The second kappa shape index (κ2) is 16.0. The molecule has 0 spiro atoms. The third-order valence-electron chi connectivity index (χ3n) is 1.27. The van der Waals surface area contributed by atoms with Crippen molar-refractivity contribution in [3.05, 3.63) is 0 Å². The van der Waals surface area contributed by atoms with Gasteiger partial charge in [-0.1, -0.05) is 0 Å². The summed E-state index contributed by atoms with van der Waals surface area (Å²) >= 11 is 0. The van der Waals surface area contributed by atoms with Crippen molar-refractivity contribution in [1.82, 2.24) is 0 Å². The minimum absolute atomic E-state index is 0. The number of methoxy groups -OCH3 is 1. The van der Waals surface area contributed by atoms with Crippen molar-refractivity contribution in [3.8, 4) is 0 Å². The smallest absolute Gasteiger partial charge is 0.786 e. The Balaban J connectivity index is -0.000000105. The van der Waals surface area contributed by atoms with E-state index in [2.05, 4.69) is 0 Å². The Kier molecular flexibility index (Phi) is 25.7. The molecule has 2 atom stereocenters. The predicted octanol–water partition coefficient (Wildman–Crippen LogP) is -6.79. The van der Waals surface area contributed by atoms with E-state index in [0.717, 1.165) is 0 Å². The van der Waals surface area contributed by atoms with Crippen LogP contribution in [0, 0.1) is 0 Å². The Hall–Kier alpha value is 1.96. The van der Waals surface area contributed by atoms with Crippen LogP contribution in [0.2, 0.25) is 0 Å². The summed E-state index contributed by atoms with van der Waals surface area (Å²) in [5.74, 6) is 0. The minimum Gasteiger partial charge on any atom is -0.786 e. The van der Waals surface area contributed by atoms with E-state index in [1.54, 1.807) is 7.11 Å². The van der Waals surface area contributed by atoms with Crippen molar-refractivity contribution in [2.75, 3.05) is 20.3 Å². The first-order chi connectivity index (χ1) is 6.70. The Bertz CT molecular complexity index is 175. The maximum Gasteiger partial charge on any atom is 1.00 e. The number of aliphatic hydroxyl groups excluding tert-OH is 1. The molecule has 94 valence electrons. The summed E-state index contributed by atoms with van der Waals surface area (Å²) in [4.78, 5) is 16.9. The van der Waals surface area contributed by atoms with E-state index in [0.29, 0.717) is 6.61 Å². The van der Waals surface area contributed by atoms with Gasteiger partial charge in [-0.25, -0.2) is 4.20 Å². The zero-order valence-electron chi connectivity index (χ0n) is 10.9. The molecule has 17 heavy (non-hydrogen) atoms. The molecule has 0 saturated carbocycles. The van der Waals surface area contributed by atoms with Crippen molar-refractivity contribution in [3.63, 3.8) is 0 Å². The number of aliphatic hydroxyl groups is 1. The number of halogens is 1. The van der Waals surface area contributed by atoms with E-state index >= 15 is 0 Å². The van der Waals surface area contributed by atoms with Crippen molar-refractivity contribution in [2.24, 2.45) is 0 Å². The van der Waals surface area contributed by atoms with Gasteiger partial charge in [0, 0.05) is 7.11 Å². The molecule has 0 aliphatic heterocycles. The number of hydrogen-bond acceptors (Lipinski definition) is 6. The van der Waals surface area contributed by atoms with Gasteiger partial charge in [0.2, 0.25) is 0 Å². The summed E-state index contributed by atoms with van der Waals surface area (Å²) in [5.41, 5.74) is 0. The monoisotopic (exact) mass is 292 g/mol. The molecule has 0 aromatic heterocycles. The molecule has 0 aromatic carbocycles. The van der Waals surface area contributed by atoms with Crippen LogP contribution in [0.5, 0.6) is 0 Å². The van der Waals surface area contributed by atoms with Gasteiger partial charge in [0.25, 0.3) is 0 Å². The average Bonchev–Trinajstić information content (AvgIpc) is 2.10. The van der Waals surface area contributed by atoms with Gasteiger partial charge in [-0.15, -0.1) is 0 Å². The molecule has 10 heteroatoms. The van der Waals surface area contributed by atoms with Gasteiger partial charge in [-0.05, 0) is 13.8 Å². The Morgan fingerprint density at radius 3 is 1.88 bits per heavy atom. The van der Waals surface area contributed by atoms with Gasteiger partial charge in [0.1, 0.15) is 7.91 Å². The van der Waals surface area contributed by atoms with E-state index in [9.17, 15) is 4.20 Å². The van der Waals surface area contributed by atoms with Gasteiger partial charge in [0.15, 0.2) is 0 Å². The minimum atomic E-state index is -5.64. The molecule has 0 aliphatic rings. The van der Waals surface area contributed by atoms with Crippen LogP contribution < -0.4 is 68.9 Å². The van der Waals surface area contributed by atoms with Gasteiger partial charge < -0.3 is 28.9 Å². The molecule has 0 amide bonds. The largest absolute Gasteiger partial charge is 1.00 e. The van der Waals surface area contributed by atoms with Crippen molar-refractivity contribution < 1.29 is 92.2 Å². The molecule has 0 aliphatic carbocycles. The molecule has 1 N–H and O–H groups in total. The number of hydrogen-bond donors (Lipinski definition) is 1. The molecule has 2 unspecified atom stereocenters. The molecule has 0 saturated heterocycles. The fourth-order valence-electron chi connectivity index (χ4n) is 0.421. The van der Waals surface area contributed by atoms with Crippen molar-refractivity contribution in [2.45, 2.75) is 26.1 Å². The number of ether oxygens (including phenoxy) is 2. The van der Waals surface area contributed by atoms with E-state index in [-0.39, 0.29) is 77.9 Å². The molecular weight excluding hydrogens is 276 g/mol.